The highest BCUT2D eigenvalue weighted by molar-refractivity contribution is 6.35. The van der Waals surface area contributed by atoms with Crippen molar-refractivity contribution < 1.29 is 9.53 Å². The summed E-state index contributed by atoms with van der Waals surface area (Å²) in [5, 5.41) is 5.60. The number of carbonyl (C=O) groups excluding carboxylic acids is 1. The Balaban J connectivity index is 1.67. The largest absolute Gasteiger partial charge is 0.491 e. The molecular formula is C28H26ClN3O2. The van der Waals surface area contributed by atoms with E-state index in [1.54, 1.807) is 12.1 Å². The molecule has 6 heteroatoms. The minimum Gasteiger partial charge on any atom is -0.491 e. The zero-order valence-corrected chi connectivity index (χ0v) is 20.1. The van der Waals surface area contributed by atoms with Gasteiger partial charge in [-0.1, -0.05) is 61.0 Å². The maximum Gasteiger partial charge on any atom is 0.272 e. The van der Waals surface area contributed by atoms with Crippen LogP contribution >= 0.6 is 11.6 Å². The highest BCUT2D eigenvalue weighted by atomic mass is 35.5. The van der Waals surface area contributed by atoms with E-state index in [0.717, 1.165) is 22.6 Å². The topological polar surface area (TPSA) is 63.6 Å². The number of ether oxygens (including phenoxy) is 1. The molecule has 0 saturated heterocycles. The van der Waals surface area contributed by atoms with Crippen LogP contribution in [-0.2, 0) is 0 Å². The van der Waals surface area contributed by atoms with Crippen LogP contribution in [0.4, 0.5) is 0 Å². The molecule has 0 aliphatic rings. The van der Waals surface area contributed by atoms with E-state index in [2.05, 4.69) is 10.5 Å². The molecule has 1 amide bonds. The van der Waals surface area contributed by atoms with Crippen molar-refractivity contribution in [3.05, 3.63) is 95.0 Å². The third kappa shape index (κ3) is 5.26. The number of aromatic nitrogens is 1. The average molecular weight is 472 g/mol. The van der Waals surface area contributed by atoms with Crippen molar-refractivity contribution >= 4 is 34.1 Å². The molecule has 0 spiro atoms. The molecule has 5 nitrogen and oxygen atoms in total. The molecule has 0 fully saturated rings. The van der Waals surface area contributed by atoms with Crippen LogP contribution in [0.25, 0.3) is 22.2 Å². The highest BCUT2D eigenvalue weighted by Crippen LogP contribution is 2.29. The minimum absolute atomic E-state index is 0.105. The summed E-state index contributed by atoms with van der Waals surface area (Å²) in [6.45, 7) is 5.97. The lowest BCUT2D eigenvalue weighted by molar-refractivity contribution is 0.0956. The van der Waals surface area contributed by atoms with Crippen LogP contribution in [0, 0.1) is 0 Å². The molecule has 4 rings (SSSR count). The Morgan fingerprint density at radius 2 is 1.76 bits per heavy atom. The summed E-state index contributed by atoms with van der Waals surface area (Å²) in [5.74, 6) is 0.476. The summed E-state index contributed by atoms with van der Waals surface area (Å²) in [5.41, 5.74) is 7.04. The normalized spacial score (nSPS) is 11.6. The van der Waals surface area contributed by atoms with Crippen LogP contribution in [0.1, 0.15) is 43.1 Å². The van der Waals surface area contributed by atoms with Crippen molar-refractivity contribution in [1.29, 1.82) is 0 Å². The number of benzene rings is 3. The molecule has 0 aliphatic carbocycles. The van der Waals surface area contributed by atoms with Gasteiger partial charge < -0.3 is 4.74 Å². The van der Waals surface area contributed by atoms with E-state index in [0.29, 0.717) is 33.6 Å². The zero-order chi connectivity index (χ0) is 24.1. The number of hydrogen-bond acceptors (Lipinski definition) is 4. The first-order valence-corrected chi connectivity index (χ1v) is 11.6. The molecule has 34 heavy (non-hydrogen) atoms. The van der Waals surface area contributed by atoms with Gasteiger partial charge >= 0.3 is 0 Å². The monoisotopic (exact) mass is 471 g/mol. The van der Waals surface area contributed by atoms with Gasteiger partial charge in [0.05, 0.1) is 33.6 Å². The van der Waals surface area contributed by atoms with Gasteiger partial charge in [0.1, 0.15) is 5.75 Å². The molecule has 0 aliphatic heterocycles. The molecule has 172 valence electrons. The molecular weight excluding hydrogens is 446 g/mol. The van der Waals surface area contributed by atoms with Crippen molar-refractivity contribution in [2.75, 3.05) is 0 Å². The molecule has 1 aromatic heterocycles. The zero-order valence-electron chi connectivity index (χ0n) is 19.4. The maximum atomic E-state index is 13.3. The SMILES string of the molecule is CC/C(=N/NC(=O)c1cc(-c2ccccc2)nc2c(Cl)cccc12)c1ccc(OC(C)C)cc1. The predicted molar refractivity (Wildman–Crippen MR) is 139 cm³/mol. The van der Waals surface area contributed by atoms with E-state index >= 15 is 0 Å². The molecule has 0 unspecified atom stereocenters. The Morgan fingerprint density at radius 1 is 1.03 bits per heavy atom. The number of hydrogen-bond donors (Lipinski definition) is 1. The van der Waals surface area contributed by atoms with Gasteiger partial charge in [0.25, 0.3) is 5.91 Å². The van der Waals surface area contributed by atoms with Gasteiger partial charge in [-0.3, -0.25) is 4.79 Å². The van der Waals surface area contributed by atoms with E-state index in [1.165, 1.54) is 0 Å². The lowest BCUT2D eigenvalue weighted by Gasteiger charge is -2.12. The summed E-state index contributed by atoms with van der Waals surface area (Å²) < 4.78 is 5.71. The fourth-order valence-corrected chi connectivity index (χ4v) is 3.90. The summed E-state index contributed by atoms with van der Waals surface area (Å²) in [4.78, 5) is 18.0. The number of carbonyl (C=O) groups is 1. The van der Waals surface area contributed by atoms with Crippen molar-refractivity contribution in [3.63, 3.8) is 0 Å². The van der Waals surface area contributed by atoms with Gasteiger partial charge in [-0.25, -0.2) is 10.4 Å². The second-order valence-electron chi connectivity index (χ2n) is 8.10. The van der Waals surface area contributed by atoms with Crippen LogP contribution in [0.2, 0.25) is 5.02 Å². The van der Waals surface area contributed by atoms with E-state index < -0.39 is 0 Å². The van der Waals surface area contributed by atoms with E-state index in [-0.39, 0.29) is 12.0 Å². The van der Waals surface area contributed by atoms with E-state index in [9.17, 15) is 4.79 Å². The number of nitrogens with zero attached hydrogens (tertiary/aromatic N) is 2. The Morgan fingerprint density at radius 3 is 2.44 bits per heavy atom. The Hall–Kier alpha value is -3.70. The third-order valence-electron chi connectivity index (χ3n) is 5.29. The molecule has 4 aromatic rings. The third-order valence-corrected chi connectivity index (χ3v) is 5.60. The lowest BCUT2D eigenvalue weighted by atomic mass is 10.0. The average Bonchev–Trinajstić information content (AvgIpc) is 2.85. The number of pyridine rings is 1. The molecule has 1 N–H and O–H groups in total. The fourth-order valence-electron chi connectivity index (χ4n) is 3.68. The molecule has 0 atom stereocenters. The van der Waals surface area contributed by atoms with Gasteiger partial charge in [0.2, 0.25) is 0 Å². The van der Waals surface area contributed by atoms with Crippen LogP contribution in [0.15, 0.2) is 84.0 Å². The summed E-state index contributed by atoms with van der Waals surface area (Å²) in [6.07, 6.45) is 0.761. The van der Waals surface area contributed by atoms with Gasteiger partial charge in [-0.05, 0) is 62.2 Å². The van der Waals surface area contributed by atoms with Crippen molar-refractivity contribution in [2.24, 2.45) is 5.10 Å². The lowest BCUT2D eigenvalue weighted by Crippen LogP contribution is -2.20. The smallest absolute Gasteiger partial charge is 0.272 e. The number of hydrazone groups is 1. The number of fused-ring (bicyclic) bond motifs is 1. The first kappa shape index (κ1) is 23.5. The quantitative estimate of drug-likeness (QED) is 0.236. The molecule has 3 aromatic carbocycles. The highest BCUT2D eigenvalue weighted by Gasteiger charge is 2.16. The second-order valence-corrected chi connectivity index (χ2v) is 8.51. The van der Waals surface area contributed by atoms with Gasteiger partial charge in [0.15, 0.2) is 0 Å². The van der Waals surface area contributed by atoms with E-state index in [1.807, 2.05) is 87.5 Å². The standard InChI is InChI=1S/C28H26ClN3O2/c1-4-25(20-13-15-21(16-14-20)34-18(2)3)31-32-28(33)23-17-26(19-9-6-5-7-10-19)30-27-22(23)11-8-12-24(27)29/h5-18H,4H2,1-3H3,(H,32,33)/b31-25-. The minimum atomic E-state index is -0.322. The van der Waals surface area contributed by atoms with Crippen LogP contribution in [0.3, 0.4) is 0 Å². The number of nitrogens with one attached hydrogen (secondary N) is 1. The van der Waals surface area contributed by atoms with Crippen molar-refractivity contribution in [3.8, 4) is 17.0 Å². The molecule has 0 saturated carbocycles. The number of amides is 1. The Kier molecular flexibility index (Phi) is 7.24. The molecule has 0 radical (unpaired) electrons. The number of rotatable bonds is 7. The molecule has 1 heterocycles. The Labute approximate surface area is 204 Å². The van der Waals surface area contributed by atoms with Crippen molar-refractivity contribution in [2.45, 2.75) is 33.3 Å². The summed E-state index contributed by atoms with van der Waals surface area (Å²) >= 11 is 6.44. The van der Waals surface area contributed by atoms with E-state index in [4.69, 9.17) is 21.3 Å². The first-order valence-electron chi connectivity index (χ1n) is 11.2. The predicted octanol–water partition coefficient (Wildman–Crippen LogP) is 6.89. The maximum absolute atomic E-state index is 13.3. The van der Waals surface area contributed by atoms with Crippen LogP contribution in [0.5, 0.6) is 5.75 Å². The fraction of sp³-hybridized carbons (Fsp3) is 0.179. The summed E-state index contributed by atoms with van der Waals surface area (Å²) in [6, 6.07) is 24.6. The van der Waals surface area contributed by atoms with Crippen LogP contribution in [-0.4, -0.2) is 22.7 Å². The van der Waals surface area contributed by atoms with Crippen molar-refractivity contribution in [1.82, 2.24) is 10.4 Å². The Bertz CT molecular complexity index is 1330. The summed E-state index contributed by atoms with van der Waals surface area (Å²) in [7, 11) is 0. The number of halogens is 1. The number of para-hydroxylation sites is 1. The molecule has 0 bridgehead atoms. The van der Waals surface area contributed by atoms with Gasteiger partial charge in [-0.15, -0.1) is 0 Å². The van der Waals surface area contributed by atoms with Crippen LogP contribution < -0.4 is 10.2 Å². The van der Waals surface area contributed by atoms with Gasteiger partial charge in [-0.2, -0.15) is 5.10 Å². The first-order chi connectivity index (χ1) is 16.5. The second kappa shape index (κ2) is 10.5. The van der Waals surface area contributed by atoms with Gasteiger partial charge in [0, 0.05) is 10.9 Å².